The Labute approximate surface area is 195 Å². The van der Waals surface area contributed by atoms with E-state index in [1.807, 2.05) is 48.5 Å². The number of nitrogens with zero attached hydrogens (tertiary/aromatic N) is 3. The number of likely N-dealkylation sites (tertiary alicyclic amines) is 1. The molecule has 0 atom stereocenters. The van der Waals surface area contributed by atoms with Crippen LogP contribution in [0.2, 0.25) is 0 Å². The summed E-state index contributed by atoms with van der Waals surface area (Å²) in [6.45, 7) is 6.26. The number of anilines is 1. The van der Waals surface area contributed by atoms with E-state index in [2.05, 4.69) is 42.9 Å². The third kappa shape index (κ3) is 5.83. The normalized spacial score (nSPS) is 14.8. The van der Waals surface area contributed by atoms with Crippen LogP contribution in [0.25, 0.3) is 11.4 Å². The van der Waals surface area contributed by atoms with Crippen molar-refractivity contribution in [2.75, 3.05) is 25.0 Å². The maximum Gasteiger partial charge on any atom is 0.241 e. The number of halogens is 1. The maximum absolute atomic E-state index is 12.7. The highest BCUT2D eigenvalue weighted by molar-refractivity contribution is 9.10. The molecule has 1 saturated heterocycles. The lowest BCUT2D eigenvalue weighted by molar-refractivity contribution is -0.121. The fourth-order valence-corrected chi connectivity index (χ4v) is 4.07. The Morgan fingerprint density at radius 2 is 2.06 bits per heavy atom. The van der Waals surface area contributed by atoms with Gasteiger partial charge in [0.25, 0.3) is 0 Å². The van der Waals surface area contributed by atoms with Gasteiger partial charge in [-0.05, 0) is 50.2 Å². The molecule has 0 radical (unpaired) electrons. The third-order valence-electron chi connectivity index (χ3n) is 5.34. The SMILES string of the molecule is C=CCOc1cccc(NC(=O)C2CCN(Cc3nc(-c4cccc(Br)c4)no3)CC2)c1. The molecule has 32 heavy (non-hydrogen) atoms. The first kappa shape index (κ1) is 22.2. The first-order valence-corrected chi connectivity index (χ1v) is 11.4. The molecule has 4 rings (SSSR count). The number of benzene rings is 2. The zero-order chi connectivity index (χ0) is 22.3. The Morgan fingerprint density at radius 3 is 2.84 bits per heavy atom. The molecule has 1 fully saturated rings. The van der Waals surface area contributed by atoms with Crippen molar-refractivity contribution in [3.63, 3.8) is 0 Å². The summed E-state index contributed by atoms with van der Waals surface area (Å²) in [5.74, 6) is 1.89. The van der Waals surface area contributed by atoms with Crippen LogP contribution in [0.1, 0.15) is 18.7 Å². The summed E-state index contributed by atoms with van der Waals surface area (Å²) in [6, 6.07) is 15.2. The second kappa shape index (κ2) is 10.6. The van der Waals surface area contributed by atoms with Gasteiger partial charge in [0.15, 0.2) is 0 Å². The highest BCUT2D eigenvalue weighted by Gasteiger charge is 2.26. The van der Waals surface area contributed by atoms with Crippen molar-refractivity contribution in [3.8, 4) is 17.1 Å². The predicted octanol–water partition coefficient (Wildman–Crippen LogP) is 4.91. The summed E-state index contributed by atoms with van der Waals surface area (Å²) in [7, 11) is 0. The Balaban J connectivity index is 1.27. The highest BCUT2D eigenvalue weighted by Crippen LogP contribution is 2.24. The van der Waals surface area contributed by atoms with E-state index in [1.54, 1.807) is 6.08 Å². The van der Waals surface area contributed by atoms with E-state index in [9.17, 15) is 4.79 Å². The third-order valence-corrected chi connectivity index (χ3v) is 5.83. The number of carbonyl (C=O) groups is 1. The van der Waals surface area contributed by atoms with Crippen molar-refractivity contribution in [1.82, 2.24) is 15.0 Å². The number of amides is 1. The van der Waals surface area contributed by atoms with Crippen LogP contribution >= 0.6 is 15.9 Å². The van der Waals surface area contributed by atoms with Crippen LogP contribution in [0.3, 0.4) is 0 Å². The Kier molecular flexibility index (Phi) is 7.34. The zero-order valence-electron chi connectivity index (χ0n) is 17.7. The standard InChI is InChI=1S/C24H25BrN4O3/c1-2-13-31-21-8-4-7-20(15-21)26-24(30)17-9-11-29(12-10-17)16-22-27-23(28-32-22)18-5-3-6-19(25)14-18/h2-8,14-15,17H,1,9-13,16H2,(H,26,30). The molecule has 8 heteroatoms. The van der Waals surface area contributed by atoms with Crippen LogP contribution in [-0.2, 0) is 11.3 Å². The van der Waals surface area contributed by atoms with Crippen molar-refractivity contribution < 1.29 is 14.1 Å². The molecule has 1 aliphatic heterocycles. The molecule has 0 saturated carbocycles. The van der Waals surface area contributed by atoms with Crippen LogP contribution < -0.4 is 10.1 Å². The first-order chi connectivity index (χ1) is 15.6. The topological polar surface area (TPSA) is 80.5 Å². The van der Waals surface area contributed by atoms with Gasteiger partial charge < -0.3 is 14.6 Å². The van der Waals surface area contributed by atoms with Crippen LogP contribution in [0.15, 0.2) is 70.2 Å². The molecule has 3 aromatic rings. The van der Waals surface area contributed by atoms with Crippen molar-refractivity contribution >= 4 is 27.5 Å². The van der Waals surface area contributed by atoms with Crippen LogP contribution in [0, 0.1) is 5.92 Å². The van der Waals surface area contributed by atoms with Gasteiger partial charge in [0.2, 0.25) is 17.6 Å². The molecule has 1 N–H and O–H groups in total. The van der Waals surface area contributed by atoms with Crippen molar-refractivity contribution in [1.29, 1.82) is 0 Å². The summed E-state index contributed by atoms with van der Waals surface area (Å²) >= 11 is 3.46. The van der Waals surface area contributed by atoms with Gasteiger partial charge in [-0.1, -0.05) is 51.9 Å². The van der Waals surface area contributed by atoms with Gasteiger partial charge in [-0.15, -0.1) is 0 Å². The van der Waals surface area contributed by atoms with E-state index >= 15 is 0 Å². The van der Waals surface area contributed by atoms with Crippen molar-refractivity contribution in [2.45, 2.75) is 19.4 Å². The van der Waals surface area contributed by atoms with Gasteiger partial charge in [0, 0.05) is 27.7 Å². The molecule has 1 aliphatic rings. The number of hydrogen-bond donors (Lipinski definition) is 1. The second-order valence-electron chi connectivity index (χ2n) is 7.69. The smallest absolute Gasteiger partial charge is 0.241 e. The van der Waals surface area contributed by atoms with Gasteiger partial charge in [0.1, 0.15) is 12.4 Å². The summed E-state index contributed by atoms with van der Waals surface area (Å²) in [5.41, 5.74) is 1.65. The first-order valence-electron chi connectivity index (χ1n) is 10.6. The molecule has 2 aromatic carbocycles. The van der Waals surface area contributed by atoms with Gasteiger partial charge in [0.05, 0.1) is 6.54 Å². The van der Waals surface area contributed by atoms with E-state index in [1.165, 1.54) is 0 Å². The van der Waals surface area contributed by atoms with Crippen molar-refractivity contribution in [3.05, 3.63) is 71.5 Å². The number of piperidine rings is 1. The number of aromatic nitrogens is 2. The largest absolute Gasteiger partial charge is 0.489 e. The van der Waals surface area contributed by atoms with E-state index in [0.29, 0.717) is 30.6 Å². The molecule has 0 bridgehead atoms. The second-order valence-corrected chi connectivity index (χ2v) is 8.60. The molecule has 1 aromatic heterocycles. The van der Waals surface area contributed by atoms with Crippen LogP contribution in [-0.4, -0.2) is 40.6 Å². The summed E-state index contributed by atoms with van der Waals surface area (Å²) in [6.07, 6.45) is 3.26. The Bertz CT molecular complexity index is 1080. The Morgan fingerprint density at radius 1 is 1.25 bits per heavy atom. The number of rotatable bonds is 8. The fourth-order valence-electron chi connectivity index (χ4n) is 3.67. The van der Waals surface area contributed by atoms with Gasteiger partial charge in [-0.25, -0.2) is 0 Å². The number of nitrogens with one attached hydrogen (secondary N) is 1. The predicted molar refractivity (Wildman–Crippen MR) is 126 cm³/mol. The minimum atomic E-state index is -0.0242. The average molecular weight is 497 g/mol. The molecule has 1 amide bonds. The highest BCUT2D eigenvalue weighted by atomic mass is 79.9. The monoisotopic (exact) mass is 496 g/mol. The molecule has 2 heterocycles. The van der Waals surface area contributed by atoms with E-state index in [0.717, 1.165) is 41.7 Å². The number of ether oxygens (including phenoxy) is 1. The van der Waals surface area contributed by atoms with E-state index < -0.39 is 0 Å². The van der Waals surface area contributed by atoms with Gasteiger partial charge in [-0.3, -0.25) is 9.69 Å². The van der Waals surface area contributed by atoms with Gasteiger partial charge in [-0.2, -0.15) is 4.98 Å². The van der Waals surface area contributed by atoms with E-state index in [4.69, 9.17) is 9.26 Å². The lowest BCUT2D eigenvalue weighted by Crippen LogP contribution is -2.37. The molecule has 0 aliphatic carbocycles. The molecule has 166 valence electrons. The lowest BCUT2D eigenvalue weighted by Gasteiger charge is -2.30. The summed E-state index contributed by atoms with van der Waals surface area (Å²) < 4.78 is 11.9. The number of carbonyl (C=O) groups excluding carboxylic acids is 1. The van der Waals surface area contributed by atoms with Crippen molar-refractivity contribution in [2.24, 2.45) is 5.92 Å². The quantitative estimate of drug-likeness (QED) is 0.446. The minimum Gasteiger partial charge on any atom is -0.489 e. The molecular weight excluding hydrogens is 472 g/mol. The van der Waals surface area contributed by atoms with Crippen LogP contribution in [0.5, 0.6) is 5.75 Å². The average Bonchev–Trinajstić information content (AvgIpc) is 3.27. The fraction of sp³-hybridized carbons (Fsp3) is 0.292. The molecular formula is C24H25BrN4O3. The number of hydrogen-bond acceptors (Lipinski definition) is 6. The maximum atomic E-state index is 12.7. The van der Waals surface area contributed by atoms with Gasteiger partial charge >= 0.3 is 0 Å². The van der Waals surface area contributed by atoms with E-state index in [-0.39, 0.29) is 11.8 Å². The molecule has 0 unspecified atom stereocenters. The summed E-state index contributed by atoms with van der Waals surface area (Å²) in [5, 5.41) is 7.11. The Hall–Kier alpha value is -2.97. The van der Waals surface area contributed by atoms with Crippen LogP contribution in [0.4, 0.5) is 5.69 Å². The molecule has 7 nitrogen and oxygen atoms in total. The lowest BCUT2D eigenvalue weighted by atomic mass is 9.96. The zero-order valence-corrected chi connectivity index (χ0v) is 19.3. The molecule has 0 spiro atoms. The summed E-state index contributed by atoms with van der Waals surface area (Å²) in [4.78, 5) is 19.5. The minimum absolute atomic E-state index is 0.0242.